The maximum absolute atomic E-state index is 13.3. The molecule has 2 aromatic heterocycles. The van der Waals surface area contributed by atoms with Crippen molar-refractivity contribution in [1.29, 1.82) is 0 Å². The number of hydrogen-bond donors (Lipinski definition) is 1. The normalized spacial score (nSPS) is 16.4. The molecule has 2 heterocycles. The molecule has 3 aromatic rings. The van der Waals surface area contributed by atoms with Gasteiger partial charge in [0, 0.05) is 18.2 Å². The molecule has 0 radical (unpaired) electrons. The SMILES string of the molecule is CC[C@H](c1nnnn1C(C)(C)CC)N(Cc1cc2ccc(C)c(C)c2[nH]c1=O)C1CCCCC1. The van der Waals surface area contributed by atoms with Crippen LogP contribution in [0.1, 0.15) is 101 Å². The van der Waals surface area contributed by atoms with E-state index in [2.05, 4.69) is 85.2 Å². The molecule has 0 amide bonds. The molecule has 0 spiro atoms. The van der Waals surface area contributed by atoms with Gasteiger partial charge >= 0.3 is 0 Å². The molecule has 0 aliphatic heterocycles. The summed E-state index contributed by atoms with van der Waals surface area (Å²) in [5.74, 6) is 0.906. The van der Waals surface area contributed by atoms with E-state index in [1.54, 1.807) is 0 Å². The zero-order chi connectivity index (χ0) is 24.5. The van der Waals surface area contributed by atoms with Gasteiger partial charge in [0.2, 0.25) is 0 Å². The predicted molar refractivity (Wildman–Crippen MR) is 137 cm³/mol. The number of aromatic nitrogens is 5. The van der Waals surface area contributed by atoms with Crippen molar-refractivity contribution in [3.05, 3.63) is 51.1 Å². The summed E-state index contributed by atoms with van der Waals surface area (Å²) in [5.41, 5.74) is 3.92. The third kappa shape index (κ3) is 4.67. The van der Waals surface area contributed by atoms with E-state index in [1.165, 1.54) is 24.8 Å². The molecule has 1 aliphatic carbocycles. The summed E-state index contributed by atoms with van der Waals surface area (Å²) in [6.07, 6.45) is 7.88. The van der Waals surface area contributed by atoms with Gasteiger partial charge in [-0.3, -0.25) is 9.69 Å². The topological polar surface area (TPSA) is 79.7 Å². The Kier molecular flexibility index (Phi) is 7.22. The second-order valence-electron chi connectivity index (χ2n) is 10.6. The summed E-state index contributed by atoms with van der Waals surface area (Å²) < 4.78 is 2.01. The number of hydrogen-bond acceptors (Lipinski definition) is 5. The predicted octanol–water partition coefficient (Wildman–Crippen LogP) is 5.56. The molecule has 7 heteroatoms. The highest BCUT2D eigenvalue weighted by molar-refractivity contribution is 5.83. The number of benzene rings is 1. The van der Waals surface area contributed by atoms with Crippen molar-refractivity contribution in [3.8, 4) is 0 Å². The molecular formula is C27H40N6O. The van der Waals surface area contributed by atoms with E-state index >= 15 is 0 Å². The molecule has 0 bridgehead atoms. The van der Waals surface area contributed by atoms with Gasteiger partial charge in [-0.15, -0.1) is 5.10 Å². The van der Waals surface area contributed by atoms with Crippen molar-refractivity contribution in [2.45, 2.75) is 111 Å². The number of fused-ring (bicyclic) bond motifs is 1. The van der Waals surface area contributed by atoms with Gasteiger partial charge < -0.3 is 4.98 Å². The van der Waals surface area contributed by atoms with Crippen molar-refractivity contribution in [2.75, 3.05) is 0 Å². The van der Waals surface area contributed by atoms with E-state index in [4.69, 9.17) is 0 Å². The highest BCUT2D eigenvalue weighted by atomic mass is 16.1. The smallest absolute Gasteiger partial charge is 0.252 e. The number of nitrogens with zero attached hydrogens (tertiary/aromatic N) is 5. The minimum atomic E-state index is -0.166. The highest BCUT2D eigenvalue weighted by Crippen LogP contribution is 2.34. The van der Waals surface area contributed by atoms with Crippen LogP contribution in [0.5, 0.6) is 0 Å². The molecule has 1 aromatic carbocycles. The first-order valence-electron chi connectivity index (χ1n) is 12.9. The molecule has 7 nitrogen and oxygen atoms in total. The van der Waals surface area contributed by atoms with E-state index in [-0.39, 0.29) is 17.1 Å². The van der Waals surface area contributed by atoms with Gasteiger partial charge in [0.1, 0.15) is 0 Å². The van der Waals surface area contributed by atoms with Gasteiger partial charge in [-0.1, -0.05) is 45.2 Å². The Morgan fingerprint density at radius 3 is 2.59 bits per heavy atom. The van der Waals surface area contributed by atoms with Crippen LogP contribution < -0.4 is 5.56 Å². The van der Waals surface area contributed by atoms with Crippen molar-refractivity contribution < 1.29 is 0 Å². The van der Waals surface area contributed by atoms with Gasteiger partial charge in [-0.2, -0.15) is 0 Å². The van der Waals surface area contributed by atoms with E-state index in [1.807, 2.05) is 4.68 Å². The van der Waals surface area contributed by atoms with Crippen LogP contribution in [-0.4, -0.2) is 36.1 Å². The number of aryl methyl sites for hydroxylation is 2. The van der Waals surface area contributed by atoms with Crippen molar-refractivity contribution in [2.24, 2.45) is 0 Å². The number of pyridine rings is 1. The minimum absolute atomic E-state index is 0.00495. The molecule has 0 saturated heterocycles. The van der Waals surface area contributed by atoms with Crippen LogP contribution in [0.25, 0.3) is 10.9 Å². The molecule has 4 rings (SSSR count). The van der Waals surface area contributed by atoms with Crippen molar-refractivity contribution >= 4 is 10.9 Å². The van der Waals surface area contributed by atoms with Gasteiger partial charge in [0.15, 0.2) is 5.82 Å². The van der Waals surface area contributed by atoms with Gasteiger partial charge in [-0.25, -0.2) is 4.68 Å². The molecule has 1 N–H and O–H groups in total. The summed E-state index contributed by atoms with van der Waals surface area (Å²) in [4.78, 5) is 19.0. The second kappa shape index (κ2) is 9.98. The van der Waals surface area contributed by atoms with Crippen molar-refractivity contribution in [1.82, 2.24) is 30.1 Å². The third-order valence-corrected chi connectivity index (χ3v) is 8.04. The average molecular weight is 465 g/mol. The average Bonchev–Trinajstić information content (AvgIpc) is 3.33. The Morgan fingerprint density at radius 1 is 1.18 bits per heavy atom. The second-order valence-corrected chi connectivity index (χ2v) is 10.6. The summed E-state index contributed by atoms with van der Waals surface area (Å²) in [5, 5.41) is 14.1. The zero-order valence-corrected chi connectivity index (χ0v) is 21.7. The molecular weight excluding hydrogens is 424 g/mol. The van der Waals surface area contributed by atoms with Crippen LogP contribution in [0.3, 0.4) is 0 Å². The first-order valence-corrected chi connectivity index (χ1v) is 12.9. The molecule has 0 unspecified atom stereocenters. The largest absolute Gasteiger partial charge is 0.321 e. The maximum atomic E-state index is 13.3. The van der Waals surface area contributed by atoms with Crippen LogP contribution in [0.4, 0.5) is 0 Å². The van der Waals surface area contributed by atoms with E-state index < -0.39 is 0 Å². The van der Waals surface area contributed by atoms with E-state index in [0.29, 0.717) is 12.6 Å². The number of tetrazole rings is 1. The fraction of sp³-hybridized carbons (Fsp3) is 0.630. The molecule has 34 heavy (non-hydrogen) atoms. The number of nitrogens with one attached hydrogen (secondary N) is 1. The lowest BCUT2D eigenvalue weighted by Gasteiger charge is -2.40. The quantitative estimate of drug-likeness (QED) is 0.472. The lowest BCUT2D eigenvalue weighted by Crippen LogP contribution is -2.42. The molecule has 184 valence electrons. The zero-order valence-electron chi connectivity index (χ0n) is 21.7. The maximum Gasteiger partial charge on any atom is 0.252 e. The van der Waals surface area contributed by atoms with Gasteiger partial charge in [0.25, 0.3) is 5.56 Å². The first-order chi connectivity index (χ1) is 16.3. The van der Waals surface area contributed by atoms with Crippen LogP contribution in [0.2, 0.25) is 0 Å². The first kappa shape index (κ1) is 24.6. The number of rotatable bonds is 8. The lowest BCUT2D eigenvalue weighted by molar-refractivity contribution is 0.0801. The summed E-state index contributed by atoms with van der Waals surface area (Å²) in [7, 11) is 0. The van der Waals surface area contributed by atoms with Crippen LogP contribution in [0.15, 0.2) is 23.0 Å². The van der Waals surface area contributed by atoms with Crippen molar-refractivity contribution in [3.63, 3.8) is 0 Å². The fourth-order valence-electron chi connectivity index (χ4n) is 5.34. The lowest BCUT2D eigenvalue weighted by atomic mass is 9.91. The molecule has 1 atom stereocenters. The standard InChI is InChI=1S/C27H40N6O/c1-7-23(25-29-30-31-33(25)27(5,6)8-2)32(22-12-10-9-11-13-22)17-21-16-20-15-14-18(3)19(4)24(20)28-26(21)34/h14-16,22-23H,7-13,17H2,1-6H3,(H,28,34)/t23-/m1/s1. The third-order valence-electron chi connectivity index (χ3n) is 8.04. The molecule has 1 fully saturated rings. The van der Waals surface area contributed by atoms with E-state index in [0.717, 1.165) is 53.5 Å². The Hall–Kier alpha value is -2.54. The molecule has 1 aliphatic rings. The monoisotopic (exact) mass is 464 g/mol. The summed E-state index contributed by atoms with van der Waals surface area (Å²) in [6.45, 7) is 13.5. The van der Waals surface area contributed by atoms with Crippen LogP contribution in [-0.2, 0) is 12.1 Å². The Balaban J connectivity index is 1.77. The Bertz CT molecular complexity index is 1190. The van der Waals surface area contributed by atoms with Gasteiger partial charge in [0.05, 0.1) is 17.1 Å². The highest BCUT2D eigenvalue weighted by Gasteiger charge is 2.34. The molecule has 1 saturated carbocycles. The van der Waals surface area contributed by atoms with Gasteiger partial charge in [-0.05, 0) is 86.4 Å². The Labute approximate surface area is 202 Å². The van der Waals surface area contributed by atoms with E-state index in [9.17, 15) is 4.79 Å². The minimum Gasteiger partial charge on any atom is -0.321 e. The number of H-pyrrole nitrogens is 1. The summed E-state index contributed by atoms with van der Waals surface area (Å²) in [6, 6.07) is 6.81. The number of aromatic amines is 1. The van der Waals surface area contributed by atoms with Crippen LogP contribution in [0, 0.1) is 13.8 Å². The Morgan fingerprint density at radius 2 is 1.91 bits per heavy atom. The fourth-order valence-corrected chi connectivity index (χ4v) is 5.34. The van der Waals surface area contributed by atoms with Crippen LogP contribution >= 0.6 is 0 Å². The summed E-state index contributed by atoms with van der Waals surface area (Å²) >= 11 is 0.